The topological polar surface area (TPSA) is 266 Å². The lowest BCUT2D eigenvalue weighted by molar-refractivity contribution is -0.0380. The number of aromatic amines is 1. The standard InChI is InChI=1S/C21H27FN11O8PS/c22-21(2-1-3-34)7-38-18(32-16-13(30-31-32)17(36)29-19(23)28-16)14(21)41-42(37,43)39-6-12-10(35)4-11(40-12)9-5-27-33-15(9)25-8-26-20(33)24/h5,8,10-12,14,18,34-35H,1-4,6-7H2,(H,37,43)(H2,24,25,26)(H3,23,28,29,36)/t10-,11+,12+,14-,18+,21+,42?/m0/s1. The summed E-state index contributed by atoms with van der Waals surface area (Å²) in [4.78, 5) is 26.6. The molecule has 0 amide bonds. The van der Waals surface area contributed by atoms with Crippen molar-refractivity contribution in [1.29, 1.82) is 0 Å². The summed E-state index contributed by atoms with van der Waals surface area (Å²) in [6, 6.07) is 0. The summed E-state index contributed by atoms with van der Waals surface area (Å²) >= 11 is 4.04. The van der Waals surface area contributed by atoms with Crippen molar-refractivity contribution in [2.75, 3.05) is 31.3 Å². The van der Waals surface area contributed by atoms with Gasteiger partial charge in [0.2, 0.25) is 11.9 Å². The molecule has 1 unspecified atom stereocenters. The Labute approximate surface area is 245 Å². The number of thiol groups is 1. The van der Waals surface area contributed by atoms with Gasteiger partial charge >= 0.3 is 6.80 Å². The quantitative estimate of drug-likeness (QED) is 0.0935. The van der Waals surface area contributed by atoms with Crippen LogP contribution >= 0.6 is 19.0 Å². The molecule has 7 atom stereocenters. The van der Waals surface area contributed by atoms with E-state index >= 15 is 4.39 Å². The van der Waals surface area contributed by atoms with Crippen molar-refractivity contribution in [1.82, 2.24) is 44.5 Å². The number of rotatable bonds is 10. The fraction of sp³-hybridized carbons (Fsp3) is 0.571. The maximum absolute atomic E-state index is 16.2. The van der Waals surface area contributed by atoms with Gasteiger partial charge in [-0.3, -0.25) is 18.8 Å². The highest BCUT2D eigenvalue weighted by Gasteiger charge is 2.55. The summed E-state index contributed by atoms with van der Waals surface area (Å²) in [7, 11) is 0. The van der Waals surface area contributed by atoms with Crippen LogP contribution in [0.5, 0.6) is 0 Å². The summed E-state index contributed by atoms with van der Waals surface area (Å²) in [6.45, 7) is -5.70. The van der Waals surface area contributed by atoms with Crippen molar-refractivity contribution in [3.63, 3.8) is 0 Å². The highest BCUT2D eigenvalue weighted by molar-refractivity contribution is 8.44. The smallest absolute Gasteiger partial charge is 0.386 e. The molecule has 2 aliphatic rings. The van der Waals surface area contributed by atoms with Gasteiger partial charge in [0.25, 0.3) is 5.56 Å². The summed E-state index contributed by atoms with van der Waals surface area (Å²) in [6.07, 6.45) is -3.08. The molecule has 2 fully saturated rings. The zero-order valence-electron chi connectivity index (χ0n) is 22.1. The fourth-order valence-corrected chi connectivity index (χ4v) is 6.59. The van der Waals surface area contributed by atoms with Crippen LogP contribution < -0.4 is 17.0 Å². The van der Waals surface area contributed by atoms with Crippen molar-refractivity contribution < 1.29 is 37.7 Å². The lowest BCUT2D eigenvalue weighted by atomic mass is 9.95. The Kier molecular flexibility index (Phi) is 7.84. The SMILES string of the molecule is Nc1nc2c(nnn2[C@@H]2OC[C@](F)(CCCO)[C@H]2OP(=O)(S)OC[C@H]2O[C@@H](c3cnn4c(N)ncnc34)C[C@@H]2O)c(=O)[nH]1. The number of aliphatic hydroxyl groups excluding tert-OH is 2. The Hall–Kier alpha value is -3.30. The molecule has 2 aliphatic heterocycles. The van der Waals surface area contributed by atoms with Crippen LogP contribution in [0.25, 0.3) is 16.8 Å². The number of hydrogen-bond donors (Lipinski definition) is 6. The fourth-order valence-electron chi connectivity index (χ4n) is 5.11. The number of aromatic nitrogens is 9. The van der Waals surface area contributed by atoms with Crippen LogP contribution in [0, 0.1) is 0 Å². The molecule has 19 nitrogen and oxygen atoms in total. The van der Waals surface area contributed by atoms with Crippen molar-refractivity contribution >= 4 is 47.8 Å². The van der Waals surface area contributed by atoms with Gasteiger partial charge in [-0.1, -0.05) is 17.5 Å². The van der Waals surface area contributed by atoms with Gasteiger partial charge in [0.15, 0.2) is 34.8 Å². The minimum atomic E-state index is -4.38. The van der Waals surface area contributed by atoms with Gasteiger partial charge in [0, 0.05) is 18.6 Å². The van der Waals surface area contributed by atoms with Gasteiger partial charge in [0.05, 0.1) is 31.6 Å². The molecule has 0 aliphatic carbocycles. The van der Waals surface area contributed by atoms with E-state index in [1.807, 2.05) is 0 Å². The number of halogens is 1. The third kappa shape index (κ3) is 5.57. The van der Waals surface area contributed by atoms with Gasteiger partial charge in [-0.05, 0) is 12.8 Å². The second kappa shape index (κ2) is 11.3. The van der Waals surface area contributed by atoms with Crippen LogP contribution in [0.15, 0.2) is 17.3 Å². The maximum Gasteiger partial charge on any atom is 0.386 e. The van der Waals surface area contributed by atoms with E-state index in [1.165, 1.54) is 17.0 Å². The molecule has 232 valence electrons. The molecule has 0 radical (unpaired) electrons. The van der Waals surface area contributed by atoms with E-state index in [9.17, 15) is 19.6 Å². The molecule has 0 spiro atoms. The number of hydrogen-bond acceptors (Lipinski definition) is 16. The van der Waals surface area contributed by atoms with Gasteiger partial charge < -0.3 is 31.2 Å². The molecule has 6 heterocycles. The Balaban J connectivity index is 1.19. The lowest BCUT2D eigenvalue weighted by Gasteiger charge is -2.30. The van der Waals surface area contributed by atoms with Crippen molar-refractivity contribution in [3.8, 4) is 0 Å². The van der Waals surface area contributed by atoms with E-state index in [2.05, 4.69) is 47.6 Å². The van der Waals surface area contributed by atoms with E-state index < -0.39 is 61.9 Å². The van der Waals surface area contributed by atoms with Gasteiger partial charge in [-0.15, -0.1) is 5.10 Å². The highest BCUT2D eigenvalue weighted by atomic mass is 32.7. The summed E-state index contributed by atoms with van der Waals surface area (Å²) in [5.41, 5.74) is 9.11. The number of nitrogens with two attached hydrogens (primary N) is 2. The number of fused-ring (bicyclic) bond motifs is 2. The number of alkyl halides is 1. The van der Waals surface area contributed by atoms with E-state index in [1.54, 1.807) is 0 Å². The normalized spacial score (nSPS) is 29.1. The molecule has 0 aromatic carbocycles. The summed E-state index contributed by atoms with van der Waals surface area (Å²) in [5.74, 6) is -0.134. The Morgan fingerprint density at radius 1 is 1.33 bits per heavy atom. The molecule has 22 heteroatoms. The summed E-state index contributed by atoms with van der Waals surface area (Å²) < 4.78 is 54.6. The van der Waals surface area contributed by atoms with Gasteiger partial charge in [-0.25, -0.2) is 18.9 Å². The first kappa shape index (κ1) is 29.8. The van der Waals surface area contributed by atoms with Crippen molar-refractivity contribution in [2.24, 2.45) is 0 Å². The van der Waals surface area contributed by atoms with Gasteiger partial charge in [-0.2, -0.15) is 19.3 Å². The molecule has 4 aromatic rings. The van der Waals surface area contributed by atoms with E-state index in [4.69, 9.17) is 30.0 Å². The Morgan fingerprint density at radius 2 is 2.14 bits per heavy atom. The largest absolute Gasteiger partial charge is 0.396 e. The minimum absolute atomic E-state index is 0.0246. The summed E-state index contributed by atoms with van der Waals surface area (Å²) in [5, 5.41) is 31.7. The van der Waals surface area contributed by atoms with E-state index in [-0.39, 0.29) is 48.9 Å². The number of anilines is 2. The first-order valence-electron chi connectivity index (χ1n) is 12.9. The second-order valence-corrected chi connectivity index (χ2v) is 12.9. The molecular formula is C21H27FN11O8PS. The molecule has 7 N–H and O–H groups in total. The molecule has 2 saturated heterocycles. The first-order valence-corrected chi connectivity index (χ1v) is 15.6. The third-order valence-corrected chi connectivity index (χ3v) is 8.78. The van der Waals surface area contributed by atoms with Crippen LogP contribution in [0.4, 0.5) is 16.3 Å². The van der Waals surface area contributed by atoms with Crippen LogP contribution in [-0.4, -0.2) is 98.6 Å². The number of nitrogen functional groups attached to an aromatic ring is 2. The predicted octanol–water partition coefficient (Wildman–Crippen LogP) is -0.543. The lowest BCUT2D eigenvalue weighted by Crippen LogP contribution is -2.40. The van der Waals surface area contributed by atoms with Crippen LogP contribution in [0.1, 0.15) is 37.2 Å². The third-order valence-electron chi connectivity index (χ3n) is 7.18. The average molecular weight is 644 g/mol. The Bertz CT molecular complexity index is 1760. The number of aliphatic hydroxyl groups is 2. The average Bonchev–Trinajstić information content (AvgIpc) is 3.72. The maximum atomic E-state index is 16.2. The molecule has 4 aromatic heterocycles. The number of nitrogens with one attached hydrogen (secondary N) is 1. The first-order chi connectivity index (χ1) is 20.5. The molecular weight excluding hydrogens is 616 g/mol. The Morgan fingerprint density at radius 3 is 2.93 bits per heavy atom. The monoisotopic (exact) mass is 643 g/mol. The molecule has 0 bridgehead atoms. The molecule has 0 saturated carbocycles. The van der Waals surface area contributed by atoms with E-state index in [0.29, 0.717) is 11.2 Å². The predicted molar refractivity (Wildman–Crippen MR) is 146 cm³/mol. The minimum Gasteiger partial charge on any atom is -0.396 e. The molecule has 43 heavy (non-hydrogen) atoms. The van der Waals surface area contributed by atoms with Crippen LogP contribution in [0.2, 0.25) is 0 Å². The highest BCUT2D eigenvalue weighted by Crippen LogP contribution is 2.58. The van der Waals surface area contributed by atoms with Crippen LogP contribution in [0.3, 0.4) is 0 Å². The number of nitrogens with zero attached hydrogens (tertiary/aromatic N) is 8. The number of H-pyrrole nitrogens is 1. The van der Waals surface area contributed by atoms with Gasteiger partial charge in [0.1, 0.15) is 12.4 Å². The number of ether oxygens (including phenoxy) is 2. The van der Waals surface area contributed by atoms with E-state index in [0.717, 1.165) is 4.68 Å². The molecule has 6 rings (SSSR count). The zero-order chi connectivity index (χ0) is 30.5. The van der Waals surface area contributed by atoms with Crippen molar-refractivity contribution in [3.05, 3.63) is 28.4 Å². The van der Waals surface area contributed by atoms with Crippen LogP contribution in [-0.2, 0) is 23.1 Å². The zero-order valence-corrected chi connectivity index (χ0v) is 23.9. The van der Waals surface area contributed by atoms with Crippen molar-refractivity contribution in [2.45, 2.75) is 55.6 Å². The second-order valence-electron chi connectivity index (χ2n) is 10.0.